The van der Waals surface area contributed by atoms with Crippen LogP contribution in [0.5, 0.6) is 0 Å². The minimum Gasteiger partial charge on any atom is -0.347 e. The molecule has 6 nitrogen and oxygen atoms in total. The Morgan fingerprint density at radius 2 is 1.81 bits per heavy atom. The molecule has 0 saturated carbocycles. The molecule has 0 saturated heterocycles. The minimum absolute atomic E-state index is 0.449. The fourth-order valence-electron chi connectivity index (χ4n) is 1.99. The molecule has 0 N–H and O–H groups in total. The second kappa shape index (κ2) is 6.30. The second-order valence-electron chi connectivity index (χ2n) is 4.27. The highest BCUT2D eigenvalue weighted by molar-refractivity contribution is 7.16. The SMILES string of the molecule is CCOC(OCC)c1nn2c(-c3ccccc3)nnc2s1. The maximum Gasteiger partial charge on any atom is 0.235 e. The molecule has 21 heavy (non-hydrogen) atoms. The van der Waals surface area contributed by atoms with Gasteiger partial charge in [-0.25, -0.2) is 0 Å². The van der Waals surface area contributed by atoms with Gasteiger partial charge in [-0.15, -0.1) is 10.2 Å². The van der Waals surface area contributed by atoms with Crippen molar-refractivity contribution in [2.75, 3.05) is 13.2 Å². The van der Waals surface area contributed by atoms with Gasteiger partial charge in [-0.1, -0.05) is 41.7 Å². The fourth-order valence-corrected chi connectivity index (χ4v) is 2.82. The first-order chi connectivity index (χ1) is 10.3. The van der Waals surface area contributed by atoms with Crippen LogP contribution in [0.15, 0.2) is 30.3 Å². The monoisotopic (exact) mass is 304 g/mol. The number of nitrogens with zero attached hydrogens (tertiary/aromatic N) is 4. The summed E-state index contributed by atoms with van der Waals surface area (Å²) in [5.74, 6) is 0.722. The van der Waals surface area contributed by atoms with Crippen molar-refractivity contribution in [1.82, 2.24) is 19.8 Å². The van der Waals surface area contributed by atoms with Crippen molar-refractivity contribution in [2.24, 2.45) is 0 Å². The van der Waals surface area contributed by atoms with Crippen LogP contribution in [0.2, 0.25) is 0 Å². The molecule has 3 rings (SSSR count). The second-order valence-corrected chi connectivity index (χ2v) is 5.25. The lowest BCUT2D eigenvalue weighted by Crippen LogP contribution is -2.09. The molecule has 0 radical (unpaired) electrons. The van der Waals surface area contributed by atoms with Crippen molar-refractivity contribution in [1.29, 1.82) is 0 Å². The summed E-state index contributed by atoms with van der Waals surface area (Å²) in [5.41, 5.74) is 0.978. The van der Waals surface area contributed by atoms with Gasteiger partial charge in [-0.05, 0) is 13.8 Å². The molecule has 0 fully saturated rings. The largest absolute Gasteiger partial charge is 0.347 e. The number of benzene rings is 1. The van der Waals surface area contributed by atoms with Crippen LogP contribution in [0.4, 0.5) is 0 Å². The molecule has 3 aromatic rings. The van der Waals surface area contributed by atoms with E-state index in [1.54, 1.807) is 4.52 Å². The lowest BCUT2D eigenvalue weighted by molar-refractivity contribution is -0.140. The van der Waals surface area contributed by atoms with Gasteiger partial charge in [0.25, 0.3) is 0 Å². The van der Waals surface area contributed by atoms with Gasteiger partial charge in [0.05, 0.1) is 0 Å². The van der Waals surface area contributed by atoms with Crippen LogP contribution in [-0.2, 0) is 9.47 Å². The third-order valence-corrected chi connectivity index (χ3v) is 3.80. The molecule has 0 unspecified atom stereocenters. The number of rotatable bonds is 6. The molecule has 0 aliphatic heterocycles. The van der Waals surface area contributed by atoms with Crippen LogP contribution in [0.3, 0.4) is 0 Å². The normalized spacial score (nSPS) is 11.6. The molecule has 0 atom stereocenters. The van der Waals surface area contributed by atoms with E-state index in [1.807, 2.05) is 44.2 Å². The Bertz CT molecular complexity index is 704. The van der Waals surface area contributed by atoms with E-state index in [2.05, 4.69) is 15.3 Å². The van der Waals surface area contributed by atoms with Gasteiger partial charge < -0.3 is 9.47 Å². The van der Waals surface area contributed by atoms with Gasteiger partial charge in [0.15, 0.2) is 10.8 Å². The Labute approximate surface area is 126 Å². The Morgan fingerprint density at radius 3 is 2.48 bits per heavy atom. The van der Waals surface area contributed by atoms with Gasteiger partial charge in [-0.3, -0.25) is 0 Å². The lowest BCUT2D eigenvalue weighted by atomic mass is 10.2. The summed E-state index contributed by atoms with van der Waals surface area (Å²) < 4.78 is 12.9. The number of hydrogen-bond donors (Lipinski definition) is 0. The quantitative estimate of drug-likeness (QED) is 0.655. The van der Waals surface area contributed by atoms with Gasteiger partial charge in [0.1, 0.15) is 0 Å². The summed E-state index contributed by atoms with van der Waals surface area (Å²) in [7, 11) is 0. The molecule has 0 amide bonds. The zero-order valence-corrected chi connectivity index (χ0v) is 12.7. The number of fused-ring (bicyclic) bond motifs is 1. The number of aromatic nitrogens is 4. The molecular weight excluding hydrogens is 288 g/mol. The van der Waals surface area contributed by atoms with Crippen molar-refractivity contribution in [2.45, 2.75) is 20.1 Å². The van der Waals surface area contributed by atoms with Crippen LogP contribution in [0.1, 0.15) is 25.1 Å². The Hall–Kier alpha value is -1.83. The van der Waals surface area contributed by atoms with Crippen LogP contribution in [0, 0.1) is 0 Å². The van der Waals surface area contributed by atoms with Crippen LogP contribution >= 0.6 is 11.3 Å². The fraction of sp³-hybridized carbons (Fsp3) is 0.357. The third-order valence-electron chi connectivity index (χ3n) is 2.88. The average Bonchev–Trinajstić information content (AvgIpc) is 3.08. The van der Waals surface area contributed by atoms with Crippen molar-refractivity contribution < 1.29 is 9.47 Å². The van der Waals surface area contributed by atoms with E-state index in [9.17, 15) is 0 Å². The van der Waals surface area contributed by atoms with Gasteiger partial charge in [-0.2, -0.15) is 9.61 Å². The van der Waals surface area contributed by atoms with Gasteiger partial charge in [0, 0.05) is 18.8 Å². The van der Waals surface area contributed by atoms with Crippen molar-refractivity contribution >= 4 is 16.3 Å². The first-order valence-electron chi connectivity index (χ1n) is 6.84. The van der Waals surface area contributed by atoms with Crippen LogP contribution in [-0.4, -0.2) is 33.0 Å². The molecular formula is C14H16N4O2S. The number of hydrogen-bond acceptors (Lipinski definition) is 6. The zero-order valence-electron chi connectivity index (χ0n) is 11.9. The van der Waals surface area contributed by atoms with E-state index in [-0.39, 0.29) is 0 Å². The minimum atomic E-state index is -0.449. The smallest absolute Gasteiger partial charge is 0.235 e. The molecule has 0 bridgehead atoms. The highest BCUT2D eigenvalue weighted by Crippen LogP contribution is 2.27. The summed E-state index contributed by atoms with van der Waals surface area (Å²) in [6, 6.07) is 9.87. The Balaban J connectivity index is 1.99. The summed E-state index contributed by atoms with van der Waals surface area (Å²) >= 11 is 1.43. The summed E-state index contributed by atoms with van der Waals surface area (Å²) in [6.07, 6.45) is -0.449. The van der Waals surface area contributed by atoms with E-state index in [0.717, 1.165) is 21.4 Å². The summed E-state index contributed by atoms with van der Waals surface area (Å²) in [4.78, 5) is 0.730. The van der Waals surface area contributed by atoms with Gasteiger partial charge in [0.2, 0.25) is 11.3 Å². The first kappa shape index (κ1) is 14.1. The first-order valence-corrected chi connectivity index (χ1v) is 7.66. The molecule has 110 valence electrons. The predicted molar refractivity (Wildman–Crippen MR) is 80.1 cm³/mol. The topological polar surface area (TPSA) is 61.5 Å². The van der Waals surface area contributed by atoms with Crippen LogP contribution in [0.25, 0.3) is 16.3 Å². The van der Waals surface area contributed by atoms with Crippen molar-refractivity contribution in [3.8, 4) is 11.4 Å². The molecule has 0 aliphatic rings. The highest BCUT2D eigenvalue weighted by Gasteiger charge is 2.20. The summed E-state index contributed by atoms with van der Waals surface area (Å²) in [5, 5.41) is 13.7. The van der Waals surface area contributed by atoms with E-state index in [1.165, 1.54) is 11.3 Å². The predicted octanol–water partition coefficient (Wildman–Crippen LogP) is 2.92. The molecule has 0 spiro atoms. The van der Waals surface area contributed by atoms with E-state index in [0.29, 0.717) is 13.2 Å². The Kier molecular flexibility index (Phi) is 4.23. The highest BCUT2D eigenvalue weighted by atomic mass is 32.1. The van der Waals surface area contributed by atoms with E-state index < -0.39 is 6.29 Å². The lowest BCUT2D eigenvalue weighted by Gasteiger charge is -2.13. The van der Waals surface area contributed by atoms with Crippen molar-refractivity contribution in [3.63, 3.8) is 0 Å². The molecule has 7 heteroatoms. The van der Waals surface area contributed by atoms with E-state index in [4.69, 9.17) is 9.47 Å². The van der Waals surface area contributed by atoms with Crippen LogP contribution < -0.4 is 0 Å². The Morgan fingerprint density at radius 1 is 1.10 bits per heavy atom. The summed E-state index contributed by atoms with van der Waals surface area (Å²) in [6.45, 7) is 5.00. The molecule has 0 aliphatic carbocycles. The maximum atomic E-state index is 5.58. The molecule has 2 heterocycles. The van der Waals surface area contributed by atoms with E-state index >= 15 is 0 Å². The van der Waals surface area contributed by atoms with Crippen molar-refractivity contribution in [3.05, 3.63) is 35.3 Å². The standard InChI is InChI=1S/C14H16N4O2S/c1-3-19-13(20-4-2)12-17-18-11(15-16-14(18)21-12)10-8-6-5-7-9-10/h5-9,13H,3-4H2,1-2H3. The molecule has 1 aromatic carbocycles. The van der Waals surface area contributed by atoms with Gasteiger partial charge >= 0.3 is 0 Å². The zero-order chi connectivity index (χ0) is 14.7. The number of ether oxygens (including phenoxy) is 2. The maximum absolute atomic E-state index is 5.58. The third kappa shape index (κ3) is 2.80. The average molecular weight is 304 g/mol. The molecule has 2 aromatic heterocycles.